The van der Waals surface area contributed by atoms with Gasteiger partial charge in [-0.1, -0.05) is 25.1 Å². The molecule has 26 heavy (non-hydrogen) atoms. The number of carbonyl (C=O) groups is 1. The highest BCUT2D eigenvalue weighted by Gasteiger charge is 2.33. The largest absolute Gasteiger partial charge is 0.497 e. The van der Waals surface area contributed by atoms with Crippen molar-refractivity contribution in [2.24, 2.45) is 11.1 Å². The maximum absolute atomic E-state index is 12.6. The van der Waals surface area contributed by atoms with Gasteiger partial charge in [0.1, 0.15) is 5.75 Å². The summed E-state index contributed by atoms with van der Waals surface area (Å²) in [7, 11) is 3.55. The lowest BCUT2D eigenvalue weighted by atomic mass is 9.90. The molecule has 1 unspecified atom stereocenters. The Morgan fingerprint density at radius 2 is 2.00 bits per heavy atom. The highest BCUT2D eigenvalue weighted by molar-refractivity contribution is 5.84. The molecule has 1 fully saturated rings. The minimum atomic E-state index is 0.151. The molecule has 0 bridgehead atoms. The van der Waals surface area contributed by atoms with E-state index in [1.54, 1.807) is 7.11 Å². The van der Waals surface area contributed by atoms with E-state index < -0.39 is 0 Å². The van der Waals surface area contributed by atoms with Crippen LogP contribution in [0.5, 0.6) is 5.75 Å². The van der Waals surface area contributed by atoms with E-state index >= 15 is 0 Å². The van der Waals surface area contributed by atoms with Crippen LogP contribution in [0.15, 0.2) is 36.4 Å². The quantitative estimate of drug-likeness (QED) is 0.865. The normalized spacial score (nSPS) is 20.5. The zero-order chi connectivity index (χ0) is 18.7. The van der Waals surface area contributed by atoms with E-state index in [0.29, 0.717) is 19.6 Å². The lowest BCUT2D eigenvalue weighted by Gasteiger charge is -2.24. The lowest BCUT2D eigenvalue weighted by Crippen LogP contribution is -2.39. The molecule has 2 N–H and O–H groups in total. The number of likely N-dealkylation sites (tertiary alicyclic amines) is 1. The predicted octanol–water partition coefficient (Wildman–Crippen LogP) is 2.48. The van der Waals surface area contributed by atoms with Crippen molar-refractivity contribution in [2.45, 2.75) is 19.9 Å². The van der Waals surface area contributed by atoms with Gasteiger partial charge in [0, 0.05) is 20.1 Å². The number of hydrogen-bond acceptors (Lipinski definition) is 4. The maximum atomic E-state index is 12.6. The van der Waals surface area contributed by atoms with Crippen LogP contribution in [-0.2, 0) is 11.3 Å². The average molecular weight is 355 g/mol. The van der Waals surface area contributed by atoms with Gasteiger partial charge in [-0.25, -0.2) is 0 Å². The van der Waals surface area contributed by atoms with Crippen molar-refractivity contribution < 1.29 is 9.53 Å². The molecule has 5 heteroatoms. The van der Waals surface area contributed by atoms with Gasteiger partial charge >= 0.3 is 0 Å². The number of carbonyl (C=O) groups excluding carboxylic acids is 1. The van der Waals surface area contributed by atoms with Crippen molar-refractivity contribution in [3.63, 3.8) is 0 Å². The number of nitrogens with zero attached hydrogens (tertiary/aromatic N) is 2. The van der Waals surface area contributed by atoms with Gasteiger partial charge in [0.15, 0.2) is 0 Å². The number of benzene rings is 2. The summed E-state index contributed by atoms with van der Waals surface area (Å²) in [6.45, 7) is 5.81. The van der Waals surface area contributed by atoms with E-state index in [1.165, 1.54) is 0 Å². The van der Waals surface area contributed by atoms with Crippen molar-refractivity contribution in [3.8, 4) is 5.75 Å². The molecule has 1 amide bonds. The van der Waals surface area contributed by atoms with Gasteiger partial charge in [0.25, 0.3) is 0 Å². The highest BCUT2D eigenvalue weighted by atomic mass is 16.5. The molecule has 140 valence electrons. The van der Waals surface area contributed by atoms with Crippen LogP contribution < -0.4 is 10.5 Å². The Morgan fingerprint density at radius 1 is 1.27 bits per heavy atom. The zero-order valence-electron chi connectivity index (χ0n) is 16.0. The molecular formula is C21H29N3O2. The number of likely N-dealkylation sites (N-methyl/N-ethyl adjacent to an activating group) is 1. The SMILES string of the molecule is COc1ccc2cc(CN(C)C(=O)CN3CCC(C)(CN)C3)ccc2c1. The number of methoxy groups -OCH3 is 1. The molecule has 1 aliphatic heterocycles. The Bertz CT molecular complexity index is 792. The molecule has 3 rings (SSSR count). The van der Waals surface area contributed by atoms with Crippen LogP contribution in [0, 0.1) is 5.41 Å². The number of nitrogens with two attached hydrogens (primary N) is 1. The van der Waals surface area contributed by atoms with Crippen LogP contribution in [-0.4, -0.2) is 56.0 Å². The van der Waals surface area contributed by atoms with Gasteiger partial charge in [0.2, 0.25) is 5.91 Å². The summed E-state index contributed by atoms with van der Waals surface area (Å²) < 4.78 is 5.27. The molecular weight excluding hydrogens is 326 g/mol. The number of fused-ring (bicyclic) bond motifs is 1. The second-order valence-corrected chi connectivity index (χ2v) is 7.77. The van der Waals surface area contributed by atoms with Gasteiger partial charge in [-0.3, -0.25) is 9.69 Å². The molecule has 1 heterocycles. The third-order valence-electron chi connectivity index (χ3n) is 5.45. The van der Waals surface area contributed by atoms with Gasteiger partial charge in [0.05, 0.1) is 13.7 Å². The van der Waals surface area contributed by atoms with Crippen LogP contribution in [0.25, 0.3) is 10.8 Å². The number of rotatable bonds is 6. The van der Waals surface area contributed by atoms with E-state index in [2.05, 4.69) is 36.1 Å². The highest BCUT2D eigenvalue weighted by Crippen LogP contribution is 2.28. The summed E-state index contributed by atoms with van der Waals surface area (Å²) in [5.41, 5.74) is 7.14. The summed E-state index contributed by atoms with van der Waals surface area (Å²) in [6, 6.07) is 12.3. The molecule has 0 aromatic heterocycles. The third-order valence-corrected chi connectivity index (χ3v) is 5.45. The van der Waals surface area contributed by atoms with E-state index in [9.17, 15) is 4.79 Å². The number of amides is 1. The monoisotopic (exact) mass is 355 g/mol. The number of ether oxygens (including phenoxy) is 1. The first kappa shape index (κ1) is 18.7. The fraction of sp³-hybridized carbons (Fsp3) is 0.476. The summed E-state index contributed by atoms with van der Waals surface area (Å²) in [6.07, 6.45) is 1.06. The molecule has 2 aromatic carbocycles. The molecule has 2 aromatic rings. The van der Waals surface area contributed by atoms with Crippen LogP contribution in [0.1, 0.15) is 18.9 Å². The van der Waals surface area contributed by atoms with E-state index in [0.717, 1.165) is 41.6 Å². The summed E-state index contributed by atoms with van der Waals surface area (Å²) in [5, 5.41) is 2.29. The Hall–Kier alpha value is -2.11. The fourth-order valence-corrected chi connectivity index (χ4v) is 3.60. The molecule has 1 atom stereocenters. The van der Waals surface area contributed by atoms with Gasteiger partial charge < -0.3 is 15.4 Å². The second kappa shape index (κ2) is 7.64. The van der Waals surface area contributed by atoms with Gasteiger partial charge in [-0.05, 0) is 59.5 Å². The van der Waals surface area contributed by atoms with Crippen LogP contribution >= 0.6 is 0 Å². The van der Waals surface area contributed by atoms with Crippen molar-refractivity contribution in [1.29, 1.82) is 0 Å². The molecule has 0 saturated carbocycles. The first-order valence-corrected chi connectivity index (χ1v) is 9.15. The third kappa shape index (κ3) is 4.17. The van der Waals surface area contributed by atoms with Crippen molar-refractivity contribution >= 4 is 16.7 Å². The minimum Gasteiger partial charge on any atom is -0.497 e. The number of hydrogen-bond donors (Lipinski definition) is 1. The minimum absolute atomic E-state index is 0.151. The molecule has 0 aliphatic carbocycles. The van der Waals surface area contributed by atoms with Crippen LogP contribution in [0.4, 0.5) is 0 Å². The topological polar surface area (TPSA) is 58.8 Å². The molecule has 0 radical (unpaired) electrons. The predicted molar refractivity (Wildman–Crippen MR) is 105 cm³/mol. The molecule has 1 aliphatic rings. The Balaban J connectivity index is 1.61. The van der Waals surface area contributed by atoms with Crippen LogP contribution in [0.3, 0.4) is 0 Å². The molecule has 5 nitrogen and oxygen atoms in total. The zero-order valence-corrected chi connectivity index (χ0v) is 16.0. The Morgan fingerprint density at radius 3 is 2.69 bits per heavy atom. The maximum Gasteiger partial charge on any atom is 0.236 e. The smallest absolute Gasteiger partial charge is 0.236 e. The summed E-state index contributed by atoms with van der Waals surface area (Å²) in [4.78, 5) is 16.6. The standard InChI is InChI=1S/C21H29N3O2/c1-21(14-22)8-9-24(15-21)13-20(25)23(2)12-16-4-5-18-11-19(26-3)7-6-17(18)10-16/h4-7,10-11H,8-9,12-15,22H2,1-3H3. The summed E-state index contributed by atoms with van der Waals surface area (Å²) >= 11 is 0. The molecule has 1 saturated heterocycles. The van der Waals surface area contributed by atoms with Crippen molar-refractivity contribution in [2.75, 3.05) is 40.3 Å². The van der Waals surface area contributed by atoms with Crippen molar-refractivity contribution in [3.05, 3.63) is 42.0 Å². The summed E-state index contributed by atoms with van der Waals surface area (Å²) in [5.74, 6) is 1.01. The van der Waals surface area contributed by atoms with E-state index in [-0.39, 0.29) is 11.3 Å². The first-order valence-electron chi connectivity index (χ1n) is 9.15. The second-order valence-electron chi connectivity index (χ2n) is 7.77. The average Bonchev–Trinajstić information content (AvgIpc) is 3.02. The van der Waals surface area contributed by atoms with Gasteiger partial charge in [-0.2, -0.15) is 0 Å². The fourth-order valence-electron chi connectivity index (χ4n) is 3.60. The van der Waals surface area contributed by atoms with Crippen molar-refractivity contribution in [1.82, 2.24) is 9.80 Å². The van der Waals surface area contributed by atoms with E-state index in [1.807, 2.05) is 24.1 Å². The lowest BCUT2D eigenvalue weighted by molar-refractivity contribution is -0.131. The first-order chi connectivity index (χ1) is 12.4. The van der Waals surface area contributed by atoms with E-state index in [4.69, 9.17) is 10.5 Å². The Kier molecular flexibility index (Phi) is 5.49. The Labute approximate surface area is 155 Å². The molecule has 0 spiro atoms. The van der Waals surface area contributed by atoms with Gasteiger partial charge in [-0.15, -0.1) is 0 Å². The van der Waals surface area contributed by atoms with Crippen LogP contribution in [0.2, 0.25) is 0 Å².